The van der Waals surface area contributed by atoms with E-state index in [1.54, 1.807) is 14.2 Å². The first-order valence-electron chi connectivity index (χ1n) is 8.38. The Morgan fingerprint density at radius 2 is 2.09 bits per heavy atom. The SMILES string of the molecule is COc1ccc(CCNC(=O)C2CC23CCNCC3)c(OC)c1. The van der Waals surface area contributed by atoms with Gasteiger partial charge in [-0.1, -0.05) is 6.07 Å². The molecule has 1 unspecified atom stereocenters. The average molecular weight is 318 g/mol. The molecule has 0 bridgehead atoms. The molecule has 3 rings (SSSR count). The zero-order valence-corrected chi connectivity index (χ0v) is 14.0. The summed E-state index contributed by atoms with van der Waals surface area (Å²) in [5.41, 5.74) is 1.38. The number of amides is 1. The van der Waals surface area contributed by atoms with Crippen LogP contribution < -0.4 is 20.1 Å². The highest BCUT2D eigenvalue weighted by molar-refractivity contribution is 5.82. The van der Waals surface area contributed by atoms with Gasteiger partial charge in [0.2, 0.25) is 5.91 Å². The second-order valence-corrected chi connectivity index (χ2v) is 6.59. The molecule has 1 saturated heterocycles. The molecule has 1 aliphatic carbocycles. The molecule has 1 atom stereocenters. The van der Waals surface area contributed by atoms with Crippen LogP contribution in [0.25, 0.3) is 0 Å². The molecule has 1 heterocycles. The van der Waals surface area contributed by atoms with Gasteiger partial charge in [0.15, 0.2) is 0 Å². The Morgan fingerprint density at radius 1 is 1.30 bits per heavy atom. The molecular weight excluding hydrogens is 292 g/mol. The van der Waals surface area contributed by atoms with Crippen LogP contribution >= 0.6 is 0 Å². The Morgan fingerprint density at radius 3 is 2.78 bits per heavy atom. The van der Waals surface area contributed by atoms with E-state index < -0.39 is 0 Å². The molecule has 1 aliphatic heterocycles. The first kappa shape index (κ1) is 16.1. The quantitative estimate of drug-likeness (QED) is 0.839. The largest absolute Gasteiger partial charge is 0.497 e. The summed E-state index contributed by atoms with van der Waals surface area (Å²) in [4.78, 5) is 12.3. The monoisotopic (exact) mass is 318 g/mol. The standard InChI is InChI=1S/C18H26N2O3/c1-22-14-4-3-13(16(11-14)23-2)5-8-20-17(21)15-12-18(15)6-9-19-10-7-18/h3-4,11,15,19H,5-10,12H2,1-2H3,(H,20,21). The Kier molecular flexibility index (Phi) is 4.76. The van der Waals surface area contributed by atoms with Gasteiger partial charge in [-0.15, -0.1) is 0 Å². The number of rotatable bonds is 6. The zero-order valence-electron chi connectivity index (χ0n) is 14.0. The second kappa shape index (κ2) is 6.79. The topological polar surface area (TPSA) is 59.6 Å². The fourth-order valence-electron chi connectivity index (χ4n) is 3.70. The molecular formula is C18H26N2O3. The van der Waals surface area contributed by atoms with Crippen molar-refractivity contribution >= 4 is 5.91 Å². The molecule has 2 N–H and O–H groups in total. The molecule has 0 radical (unpaired) electrons. The van der Waals surface area contributed by atoms with E-state index >= 15 is 0 Å². The third-order valence-corrected chi connectivity index (χ3v) is 5.29. The van der Waals surface area contributed by atoms with E-state index in [0.29, 0.717) is 12.0 Å². The molecule has 1 aromatic carbocycles. The minimum atomic E-state index is 0.222. The molecule has 0 aromatic heterocycles. The highest BCUT2D eigenvalue weighted by Crippen LogP contribution is 2.58. The van der Waals surface area contributed by atoms with Gasteiger partial charge >= 0.3 is 0 Å². The summed E-state index contributed by atoms with van der Waals surface area (Å²) in [5, 5.41) is 6.47. The number of piperidine rings is 1. The molecule has 1 aromatic rings. The summed E-state index contributed by atoms with van der Waals surface area (Å²) >= 11 is 0. The summed E-state index contributed by atoms with van der Waals surface area (Å²) in [6.45, 7) is 2.74. The summed E-state index contributed by atoms with van der Waals surface area (Å²) in [6, 6.07) is 5.79. The molecule has 5 heteroatoms. The van der Waals surface area contributed by atoms with Crippen LogP contribution in [-0.4, -0.2) is 39.8 Å². The van der Waals surface area contributed by atoms with Gasteiger partial charge < -0.3 is 20.1 Å². The van der Waals surface area contributed by atoms with Crippen LogP contribution in [-0.2, 0) is 11.2 Å². The number of benzene rings is 1. The van der Waals surface area contributed by atoms with Crippen LogP contribution in [0.2, 0.25) is 0 Å². The number of hydrogen-bond acceptors (Lipinski definition) is 4. The molecule has 23 heavy (non-hydrogen) atoms. The van der Waals surface area contributed by atoms with Crippen LogP contribution in [0.5, 0.6) is 11.5 Å². The third kappa shape index (κ3) is 3.44. The van der Waals surface area contributed by atoms with Crippen molar-refractivity contribution in [3.63, 3.8) is 0 Å². The maximum absolute atomic E-state index is 12.3. The first-order chi connectivity index (χ1) is 11.2. The van der Waals surface area contributed by atoms with Crippen molar-refractivity contribution in [1.82, 2.24) is 10.6 Å². The van der Waals surface area contributed by atoms with Gasteiger partial charge in [0.25, 0.3) is 0 Å². The van der Waals surface area contributed by atoms with Gasteiger partial charge in [-0.3, -0.25) is 4.79 Å². The minimum absolute atomic E-state index is 0.222. The summed E-state index contributed by atoms with van der Waals surface area (Å²) in [5.74, 6) is 2.03. The van der Waals surface area contributed by atoms with E-state index in [-0.39, 0.29) is 11.8 Å². The average Bonchev–Trinajstić information content (AvgIpc) is 3.28. The highest BCUT2D eigenvalue weighted by atomic mass is 16.5. The van der Waals surface area contributed by atoms with Crippen molar-refractivity contribution in [2.45, 2.75) is 25.7 Å². The molecule has 126 valence electrons. The van der Waals surface area contributed by atoms with Gasteiger partial charge in [-0.2, -0.15) is 0 Å². The Labute approximate surface area is 137 Å². The Hall–Kier alpha value is -1.75. The van der Waals surface area contributed by atoms with Crippen molar-refractivity contribution in [2.75, 3.05) is 33.9 Å². The molecule has 2 aliphatic rings. The second-order valence-electron chi connectivity index (χ2n) is 6.59. The maximum atomic E-state index is 12.3. The van der Waals surface area contributed by atoms with Gasteiger partial charge in [0.05, 0.1) is 14.2 Å². The first-order valence-corrected chi connectivity index (χ1v) is 8.38. The van der Waals surface area contributed by atoms with Crippen LogP contribution in [0.1, 0.15) is 24.8 Å². The lowest BCUT2D eigenvalue weighted by Crippen LogP contribution is -2.34. The Balaban J connectivity index is 1.49. The van der Waals surface area contributed by atoms with Gasteiger partial charge in [-0.05, 0) is 55.8 Å². The molecule has 5 nitrogen and oxygen atoms in total. The van der Waals surface area contributed by atoms with Crippen molar-refractivity contribution in [1.29, 1.82) is 0 Å². The van der Waals surface area contributed by atoms with E-state index in [1.807, 2.05) is 18.2 Å². The number of methoxy groups -OCH3 is 2. The predicted molar refractivity (Wildman–Crippen MR) is 88.9 cm³/mol. The normalized spacial score (nSPS) is 21.7. The lowest BCUT2D eigenvalue weighted by atomic mass is 9.92. The van der Waals surface area contributed by atoms with E-state index in [9.17, 15) is 4.79 Å². The lowest BCUT2D eigenvalue weighted by molar-refractivity contribution is -0.123. The zero-order chi connectivity index (χ0) is 16.3. The van der Waals surface area contributed by atoms with Crippen molar-refractivity contribution < 1.29 is 14.3 Å². The van der Waals surface area contributed by atoms with E-state index in [2.05, 4.69) is 10.6 Å². The summed E-state index contributed by atoms with van der Waals surface area (Å²) in [6.07, 6.45) is 4.10. The van der Waals surface area contributed by atoms with Crippen LogP contribution in [0.3, 0.4) is 0 Å². The number of hydrogen-bond donors (Lipinski definition) is 2. The van der Waals surface area contributed by atoms with Crippen molar-refractivity contribution in [3.05, 3.63) is 23.8 Å². The molecule has 2 fully saturated rings. The minimum Gasteiger partial charge on any atom is -0.497 e. The summed E-state index contributed by atoms with van der Waals surface area (Å²) < 4.78 is 10.6. The number of carbonyl (C=O) groups is 1. The fourth-order valence-corrected chi connectivity index (χ4v) is 3.70. The van der Waals surface area contributed by atoms with E-state index in [4.69, 9.17) is 9.47 Å². The van der Waals surface area contributed by atoms with E-state index in [0.717, 1.165) is 55.8 Å². The number of nitrogens with one attached hydrogen (secondary N) is 2. The molecule has 1 amide bonds. The van der Waals surface area contributed by atoms with Crippen molar-refractivity contribution in [3.8, 4) is 11.5 Å². The molecule has 1 spiro atoms. The van der Waals surface area contributed by atoms with Crippen LogP contribution in [0.15, 0.2) is 18.2 Å². The maximum Gasteiger partial charge on any atom is 0.223 e. The van der Waals surface area contributed by atoms with Gasteiger partial charge in [-0.25, -0.2) is 0 Å². The van der Waals surface area contributed by atoms with Crippen LogP contribution in [0.4, 0.5) is 0 Å². The molecule has 1 saturated carbocycles. The van der Waals surface area contributed by atoms with Crippen molar-refractivity contribution in [2.24, 2.45) is 11.3 Å². The third-order valence-electron chi connectivity index (χ3n) is 5.29. The van der Waals surface area contributed by atoms with Gasteiger partial charge in [0.1, 0.15) is 11.5 Å². The highest BCUT2D eigenvalue weighted by Gasteiger charge is 2.57. The Bertz CT molecular complexity index is 567. The fraction of sp³-hybridized carbons (Fsp3) is 0.611. The predicted octanol–water partition coefficient (Wildman–Crippen LogP) is 1.75. The number of carbonyl (C=O) groups excluding carboxylic acids is 1. The van der Waals surface area contributed by atoms with Gasteiger partial charge in [0, 0.05) is 18.5 Å². The van der Waals surface area contributed by atoms with E-state index in [1.165, 1.54) is 0 Å². The van der Waals surface area contributed by atoms with Crippen LogP contribution in [0, 0.1) is 11.3 Å². The lowest BCUT2D eigenvalue weighted by Gasteiger charge is -2.23. The number of ether oxygens (including phenoxy) is 2. The summed E-state index contributed by atoms with van der Waals surface area (Å²) in [7, 11) is 3.29. The smallest absolute Gasteiger partial charge is 0.223 e.